The van der Waals surface area contributed by atoms with Crippen LogP contribution in [0.4, 0.5) is 13.2 Å². The van der Waals surface area contributed by atoms with Gasteiger partial charge in [0.05, 0.1) is 12.6 Å². The zero-order valence-corrected chi connectivity index (χ0v) is 9.18. The number of alkyl halides is 3. The highest BCUT2D eigenvalue weighted by molar-refractivity contribution is 9.10. The van der Waals surface area contributed by atoms with Crippen LogP contribution >= 0.6 is 15.9 Å². The number of hydrogen-bond donors (Lipinski definition) is 1. The Balaban J connectivity index is 2.58. The molecule has 1 aromatic rings. The highest BCUT2D eigenvalue weighted by Crippen LogP contribution is 2.21. The largest absolute Gasteiger partial charge is 0.522 e. The van der Waals surface area contributed by atoms with Crippen LogP contribution in [0.15, 0.2) is 28.7 Å². The van der Waals surface area contributed by atoms with E-state index in [9.17, 15) is 13.2 Å². The van der Waals surface area contributed by atoms with E-state index < -0.39 is 19.0 Å². The molecule has 15 heavy (non-hydrogen) atoms. The van der Waals surface area contributed by atoms with Crippen molar-refractivity contribution in [2.75, 3.05) is 6.61 Å². The highest BCUT2D eigenvalue weighted by Gasteiger charge is 2.29. The number of benzene rings is 1. The van der Waals surface area contributed by atoms with Gasteiger partial charge in [-0.2, -0.15) is 0 Å². The molecule has 2 nitrogen and oxygen atoms in total. The second-order valence-corrected chi connectivity index (χ2v) is 3.83. The van der Waals surface area contributed by atoms with Crippen LogP contribution in [0.1, 0.15) is 11.6 Å². The van der Waals surface area contributed by atoms with Crippen LogP contribution in [0.2, 0.25) is 0 Å². The number of halogens is 4. The topological polar surface area (TPSA) is 35.2 Å². The van der Waals surface area contributed by atoms with E-state index in [2.05, 4.69) is 20.7 Å². The van der Waals surface area contributed by atoms with Crippen molar-refractivity contribution in [1.29, 1.82) is 0 Å². The maximum Gasteiger partial charge on any atom is 0.522 e. The van der Waals surface area contributed by atoms with Crippen LogP contribution in [0.3, 0.4) is 0 Å². The maximum atomic E-state index is 11.7. The van der Waals surface area contributed by atoms with Crippen LogP contribution in [0.25, 0.3) is 0 Å². The van der Waals surface area contributed by atoms with Gasteiger partial charge in [0.25, 0.3) is 0 Å². The van der Waals surface area contributed by atoms with E-state index in [4.69, 9.17) is 5.73 Å². The van der Waals surface area contributed by atoms with Gasteiger partial charge in [-0.05, 0) is 17.7 Å². The Bertz CT molecular complexity index is 329. The number of ether oxygens (including phenoxy) is 1. The van der Waals surface area contributed by atoms with Gasteiger partial charge < -0.3 is 5.73 Å². The Morgan fingerprint density at radius 3 is 2.60 bits per heavy atom. The molecule has 0 radical (unpaired) electrons. The minimum atomic E-state index is -4.64. The first-order valence-electron chi connectivity index (χ1n) is 4.10. The molecule has 0 heterocycles. The molecular weight excluding hydrogens is 275 g/mol. The summed E-state index contributed by atoms with van der Waals surface area (Å²) in [5, 5.41) is 0. The van der Waals surface area contributed by atoms with E-state index in [1.807, 2.05) is 0 Å². The molecule has 6 heteroatoms. The van der Waals surface area contributed by atoms with E-state index in [-0.39, 0.29) is 0 Å². The van der Waals surface area contributed by atoms with Crippen LogP contribution in [-0.2, 0) is 4.74 Å². The fourth-order valence-electron chi connectivity index (χ4n) is 1.02. The predicted octanol–water partition coefficient (Wildman–Crippen LogP) is 2.99. The first-order chi connectivity index (χ1) is 6.88. The van der Waals surface area contributed by atoms with Crippen molar-refractivity contribution < 1.29 is 17.9 Å². The van der Waals surface area contributed by atoms with Crippen molar-refractivity contribution in [3.8, 4) is 0 Å². The van der Waals surface area contributed by atoms with Gasteiger partial charge in [0.2, 0.25) is 0 Å². The SMILES string of the molecule is N[C@H](COC(F)(F)F)c1cccc(Br)c1. The predicted molar refractivity (Wildman–Crippen MR) is 53.1 cm³/mol. The summed E-state index contributed by atoms with van der Waals surface area (Å²) >= 11 is 3.20. The Labute approximate surface area is 93.3 Å². The van der Waals surface area contributed by atoms with Gasteiger partial charge in [0, 0.05) is 4.47 Å². The number of rotatable bonds is 3. The van der Waals surface area contributed by atoms with Crippen molar-refractivity contribution in [2.45, 2.75) is 12.4 Å². The molecule has 1 aromatic carbocycles. The number of hydrogen-bond acceptors (Lipinski definition) is 2. The molecule has 0 bridgehead atoms. The van der Waals surface area contributed by atoms with E-state index >= 15 is 0 Å². The third-order valence-corrected chi connectivity index (χ3v) is 2.20. The Hall–Kier alpha value is -0.590. The normalized spacial score (nSPS) is 13.9. The van der Waals surface area contributed by atoms with E-state index in [0.717, 1.165) is 4.47 Å². The standard InChI is InChI=1S/C9H9BrF3NO/c10-7-3-1-2-6(4-7)8(14)5-15-9(11,12)13/h1-4,8H,5,14H2/t8-/m1/s1. The lowest BCUT2D eigenvalue weighted by Crippen LogP contribution is -2.23. The molecule has 1 rings (SSSR count). The van der Waals surface area contributed by atoms with Crippen LogP contribution in [0.5, 0.6) is 0 Å². The molecule has 0 aliphatic heterocycles. The lowest BCUT2D eigenvalue weighted by molar-refractivity contribution is -0.326. The summed E-state index contributed by atoms with van der Waals surface area (Å²) < 4.78 is 39.6. The first-order valence-corrected chi connectivity index (χ1v) is 4.89. The molecule has 0 aliphatic rings. The molecule has 0 spiro atoms. The van der Waals surface area contributed by atoms with Crippen LogP contribution in [-0.4, -0.2) is 13.0 Å². The highest BCUT2D eigenvalue weighted by atomic mass is 79.9. The Morgan fingerprint density at radius 1 is 1.40 bits per heavy atom. The van der Waals surface area contributed by atoms with Crippen molar-refractivity contribution >= 4 is 15.9 Å². The molecule has 0 saturated carbocycles. The zero-order valence-electron chi connectivity index (χ0n) is 7.59. The summed E-state index contributed by atoms with van der Waals surface area (Å²) in [5.41, 5.74) is 6.12. The van der Waals surface area contributed by atoms with Crippen molar-refractivity contribution in [3.05, 3.63) is 34.3 Å². The first kappa shape index (κ1) is 12.5. The van der Waals surface area contributed by atoms with E-state index in [1.165, 1.54) is 0 Å². The maximum absolute atomic E-state index is 11.7. The fraction of sp³-hybridized carbons (Fsp3) is 0.333. The lowest BCUT2D eigenvalue weighted by Gasteiger charge is -2.14. The summed E-state index contributed by atoms with van der Waals surface area (Å²) in [5.74, 6) is 0. The second-order valence-electron chi connectivity index (χ2n) is 2.92. The lowest BCUT2D eigenvalue weighted by atomic mass is 10.1. The van der Waals surface area contributed by atoms with Gasteiger partial charge in [0.15, 0.2) is 0 Å². The van der Waals surface area contributed by atoms with Gasteiger partial charge in [-0.3, -0.25) is 4.74 Å². The zero-order chi connectivity index (χ0) is 11.5. The van der Waals surface area contributed by atoms with Crippen LogP contribution in [0, 0.1) is 0 Å². The monoisotopic (exact) mass is 283 g/mol. The average Bonchev–Trinajstić information content (AvgIpc) is 2.13. The summed E-state index contributed by atoms with van der Waals surface area (Å²) in [6, 6.07) is 5.98. The summed E-state index contributed by atoms with van der Waals surface area (Å²) in [6.07, 6.45) is -4.64. The van der Waals surface area contributed by atoms with Gasteiger partial charge >= 0.3 is 6.36 Å². The molecule has 0 saturated heterocycles. The minimum absolute atomic E-state index is 0.583. The molecular formula is C9H9BrF3NO. The van der Waals surface area contributed by atoms with E-state index in [0.29, 0.717) is 5.56 Å². The second kappa shape index (κ2) is 4.96. The van der Waals surface area contributed by atoms with Gasteiger partial charge in [-0.25, -0.2) is 0 Å². The van der Waals surface area contributed by atoms with Crippen molar-refractivity contribution in [1.82, 2.24) is 0 Å². The molecule has 2 N–H and O–H groups in total. The van der Waals surface area contributed by atoms with Crippen LogP contribution < -0.4 is 5.73 Å². The summed E-state index contributed by atoms with van der Waals surface area (Å²) in [7, 11) is 0. The van der Waals surface area contributed by atoms with Crippen molar-refractivity contribution in [2.24, 2.45) is 5.73 Å². The molecule has 0 aliphatic carbocycles. The molecule has 0 fully saturated rings. The minimum Gasteiger partial charge on any atom is -0.322 e. The molecule has 84 valence electrons. The molecule has 1 atom stereocenters. The third kappa shape index (κ3) is 4.63. The Morgan fingerprint density at radius 2 is 2.07 bits per heavy atom. The summed E-state index contributed by atoms with van der Waals surface area (Å²) in [6.45, 7) is -0.583. The van der Waals surface area contributed by atoms with Gasteiger partial charge in [-0.15, -0.1) is 13.2 Å². The van der Waals surface area contributed by atoms with Crippen molar-refractivity contribution in [3.63, 3.8) is 0 Å². The average molecular weight is 284 g/mol. The Kier molecular flexibility index (Phi) is 4.12. The number of nitrogens with two attached hydrogens (primary N) is 1. The molecule has 0 unspecified atom stereocenters. The smallest absolute Gasteiger partial charge is 0.322 e. The third-order valence-electron chi connectivity index (χ3n) is 1.70. The molecule has 0 aromatic heterocycles. The quantitative estimate of drug-likeness (QED) is 0.926. The van der Waals surface area contributed by atoms with E-state index in [1.54, 1.807) is 24.3 Å². The van der Waals surface area contributed by atoms with Gasteiger partial charge in [-0.1, -0.05) is 28.1 Å². The fourth-order valence-corrected chi connectivity index (χ4v) is 1.43. The summed E-state index contributed by atoms with van der Waals surface area (Å²) in [4.78, 5) is 0. The van der Waals surface area contributed by atoms with Gasteiger partial charge in [0.1, 0.15) is 0 Å². The molecule has 0 amide bonds.